The second-order valence-electron chi connectivity index (χ2n) is 8.30. The van der Waals surface area contributed by atoms with Crippen LogP contribution < -0.4 is 20.7 Å². The van der Waals surface area contributed by atoms with E-state index in [9.17, 15) is 28.7 Å². The summed E-state index contributed by atoms with van der Waals surface area (Å²) in [7, 11) is -2.97. The molecule has 0 aliphatic rings. The summed E-state index contributed by atoms with van der Waals surface area (Å²) < 4.78 is 16.7. The summed E-state index contributed by atoms with van der Waals surface area (Å²) in [4.78, 5) is 55.8. The molecule has 0 radical (unpaired) electrons. The number of methoxy groups -OCH3 is 1. The first-order valence-corrected chi connectivity index (χ1v) is 12.2. The number of carbonyl (C=O) groups excluding carboxylic acids is 2. The van der Waals surface area contributed by atoms with Crippen LogP contribution in [-0.2, 0) is 25.4 Å². The number of rotatable bonds is 13. The normalized spacial score (nSPS) is 15.3. The van der Waals surface area contributed by atoms with Crippen LogP contribution in [-0.4, -0.2) is 63.7 Å². The molecule has 0 aliphatic carbocycles. The average Bonchev–Trinajstić information content (AvgIpc) is 2.71. The maximum atomic E-state index is 13.0. The number of benzene rings is 1. The van der Waals surface area contributed by atoms with Crippen LogP contribution in [0.2, 0.25) is 0 Å². The number of carboxylic acids is 1. The number of carbonyl (C=O) groups is 3. The lowest BCUT2D eigenvalue weighted by atomic mass is 10.0. The van der Waals surface area contributed by atoms with Crippen LogP contribution in [0.3, 0.4) is 0 Å². The molecule has 0 spiro atoms. The monoisotopic (exact) mass is 487 g/mol. The van der Waals surface area contributed by atoms with Gasteiger partial charge in [-0.3, -0.25) is 24.3 Å². The molecule has 0 aromatic heterocycles. The summed E-state index contributed by atoms with van der Waals surface area (Å²) in [6.45, 7) is 6.27. The van der Waals surface area contributed by atoms with Gasteiger partial charge < -0.3 is 30.3 Å². The molecule has 186 valence electrons. The third kappa shape index (κ3) is 9.91. The smallest absolute Gasteiger partial charge is 0.342 e. The van der Waals surface area contributed by atoms with Crippen molar-refractivity contribution in [1.82, 2.24) is 16.0 Å². The van der Waals surface area contributed by atoms with Gasteiger partial charge in [0.25, 0.3) is 0 Å². The minimum atomic E-state index is -4.49. The molecule has 0 saturated carbocycles. The van der Waals surface area contributed by atoms with Crippen molar-refractivity contribution >= 4 is 25.4 Å². The van der Waals surface area contributed by atoms with Crippen molar-refractivity contribution in [3.05, 3.63) is 29.8 Å². The average molecular weight is 487 g/mol. The molecular formula is C21H34N3O8P. The highest BCUT2D eigenvalue weighted by Crippen LogP contribution is 2.39. The van der Waals surface area contributed by atoms with E-state index in [1.54, 1.807) is 24.3 Å². The number of amides is 2. The highest BCUT2D eigenvalue weighted by atomic mass is 31.2. The summed E-state index contributed by atoms with van der Waals surface area (Å²) >= 11 is 0. The zero-order valence-electron chi connectivity index (χ0n) is 19.4. The first-order valence-electron chi connectivity index (χ1n) is 10.5. The fraction of sp³-hybridized carbons (Fsp3) is 0.571. The van der Waals surface area contributed by atoms with Crippen molar-refractivity contribution in [2.75, 3.05) is 7.11 Å². The molecule has 4 atom stereocenters. The number of ether oxygens (including phenoxy) is 1. The Labute approximate surface area is 193 Å². The Kier molecular flexibility index (Phi) is 11.0. The summed E-state index contributed by atoms with van der Waals surface area (Å²) in [6.07, 6.45) is 0.328. The van der Waals surface area contributed by atoms with Gasteiger partial charge in [-0.05, 0) is 43.9 Å². The first kappa shape index (κ1) is 28.6. The van der Waals surface area contributed by atoms with Crippen LogP contribution >= 0.6 is 7.60 Å². The second-order valence-corrected chi connectivity index (χ2v) is 10.2. The predicted octanol–water partition coefficient (Wildman–Crippen LogP) is 0.840. The third-order valence-corrected chi connectivity index (χ3v) is 6.09. The predicted molar refractivity (Wildman–Crippen MR) is 122 cm³/mol. The fourth-order valence-electron chi connectivity index (χ4n) is 2.97. The van der Waals surface area contributed by atoms with Crippen molar-refractivity contribution in [2.45, 2.75) is 64.4 Å². The van der Waals surface area contributed by atoms with Crippen molar-refractivity contribution in [1.29, 1.82) is 0 Å². The Morgan fingerprint density at radius 3 is 1.97 bits per heavy atom. The Bertz CT molecular complexity index is 856. The molecule has 1 aromatic carbocycles. The van der Waals surface area contributed by atoms with Gasteiger partial charge in [-0.25, -0.2) is 0 Å². The molecule has 0 saturated heterocycles. The van der Waals surface area contributed by atoms with Crippen molar-refractivity contribution in [3.63, 3.8) is 0 Å². The Morgan fingerprint density at radius 2 is 1.52 bits per heavy atom. The van der Waals surface area contributed by atoms with Gasteiger partial charge in [0.05, 0.1) is 13.2 Å². The molecule has 0 aliphatic heterocycles. The quantitative estimate of drug-likeness (QED) is 0.220. The zero-order chi connectivity index (χ0) is 25.3. The Hall–Kier alpha value is -2.46. The van der Waals surface area contributed by atoms with E-state index in [0.29, 0.717) is 11.3 Å². The lowest BCUT2D eigenvalue weighted by molar-refractivity contribution is -0.141. The maximum Gasteiger partial charge on any atom is 0.342 e. The van der Waals surface area contributed by atoms with Crippen LogP contribution in [0.15, 0.2) is 24.3 Å². The van der Waals surface area contributed by atoms with E-state index in [4.69, 9.17) is 9.84 Å². The first-order chi connectivity index (χ1) is 15.2. The molecular weight excluding hydrogens is 453 g/mol. The van der Waals surface area contributed by atoms with E-state index in [1.807, 2.05) is 13.8 Å². The number of hydrogen-bond donors (Lipinski definition) is 6. The van der Waals surface area contributed by atoms with Gasteiger partial charge in [0.1, 0.15) is 23.6 Å². The summed E-state index contributed by atoms with van der Waals surface area (Å²) in [5.41, 5.74) is 0.691. The topological polar surface area (TPSA) is 174 Å². The second kappa shape index (κ2) is 12.7. The Balaban J connectivity index is 3.11. The van der Waals surface area contributed by atoms with Gasteiger partial charge in [-0.1, -0.05) is 26.0 Å². The molecule has 6 N–H and O–H groups in total. The molecule has 33 heavy (non-hydrogen) atoms. The van der Waals surface area contributed by atoms with Gasteiger partial charge in [-0.15, -0.1) is 0 Å². The minimum Gasteiger partial charge on any atom is -0.497 e. The zero-order valence-corrected chi connectivity index (χ0v) is 20.3. The van der Waals surface area contributed by atoms with Crippen molar-refractivity contribution < 1.29 is 38.6 Å². The Morgan fingerprint density at radius 1 is 0.970 bits per heavy atom. The molecule has 1 rings (SSSR count). The van der Waals surface area contributed by atoms with E-state index >= 15 is 0 Å². The highest BCUT2D eigenvalue weighted by Gasteiger charge is 2.32. The van der Waals surface area contributed by atoms with Gasteiger partial charge in [0.2, 0.25) is 11.8 Å². The summed E-state index contributed by atoms with van der Waals surface area (Å²) in [5.74, 6) is -3.20. The molecule has 0 heterocycles. The molecule has 0 bridgehead atoms. The van der Waals surface area contributed by atoms with Gasteiger partial charge >= 0.3 is 13.6 Å². The third-order valence-electron chi connectivity index (χ3n) is 4.93. The number of carboxylic acid groups (broad SMARTS) is 1. The van der Waals surface area contributed by atoms with Gasteiger partial charge in [0, 0.05) is 6.42 Å². The van der Waals surface area contributed by atoms with Crippen LogP contribution in [0, 0.1) is 5.92 Å². The number of hydrogen-bond acceptors (Lipinski definition) is 6. The molecule has 0 fully saturated rings. The van der Waals surface area contributed by atoms with E-state index in [2.05, 4.69) is 16.0 Å². The van der Waals surface area contributed by atoms with Gasteiger partial charge in [-0.2, -0.15) is 0 Å². The van der Waals surface area contributed by atoms with Gasteiger partial charge in [0.15, 0.2) is 0 Å². The molecule has 2 unspecified atom stereocenters. The lowest BCUT2D eigenvalue weighted by Crippen LogP contribution is -2.56. The standard InChI is InChI=1S/C21H34N3O8P/c1-12(2)10-17(23-14(4)33(29,30)31)20(26)24-18(19(25)22-13(3)21(27)28)11-15-6-8-16(32-5)9-7-15/h6-9,12-14,17-18,23H,10-11H2,1-5H3,(H,22,25)(H,24,26)(H,27,28)(H2,29,30,31)/t13-,14?,17?,18-/m0/s1. The van der Waals surface area contributed by atoms with Crippen LogP contribution in [0.4, 0.5) is 0 Å². The summed E-state index contributed by atoms with van der Waals surface area (Å²) in [5, 5.41) is 16.7. The highest BCUT2D eigenvalue weighted by molar-refractivity contribution is 7.52. The lowest BCUT2D eigenvalue weighted by Gasteiger charge is -2.27. The van der Waals surface area contributed by atoms with E-state index in [1.165, 1.54) is 21.0 Å². The maximum absolute atomic E-state index is 13.0. The van der Waals surface area contributed by atoms with Crippen molar-refractivity contribution in [3.8, 4) is 5.75 Å². The van der Waals surface area contributed by atoms with E-state index in [0.717, 1.165) is 0 Å². The van der Waals surface area contributed by atoms with Crippen molar-refractivity contribution in [2.24, 2.45) is 5.92 Å². The largest absolute Gasteiger partial charge is 0.497 e. The number of aliphatic carboxylic acids is 1. The van der Waals surface area contributed by atoms with E-state index in [-0.39, 0.29) is 18.8 Å². The molecule has 2 amide bonds. The molecule has 12 heteroatoms. The number of nitrogens with one attached hydrogen (secondary N) is 3. The summed E-state index contributed by atoms with van der Waals surface area (Å²) in [6, 6.07) is 3.54. The molecule has 1 aromatic rings. The molecule has 11 nitrogen and oxygen atoms in total. The fourth-order valence-corrected chi connectivity index (χ4v) is 3.34. The SMILES string of the molecule is COc1ccc(C[C@H](NC(=O)C(CC(C)C)NC(C)P(=O)(O)O)C(=O)N[C@@H](C)C(=O)O)cc1. The minimum absolute atomic E-state index is 0.0121. The van der Waals surface area contributed by atoms with Crippen LogP contribution in [0.1, 0.15) is 39.7 Å². The van der Waals surface area contributed by atoms with Crippen LogP contribution in [0.5, 0.6) is 5.75 Å². The van der Waals surface area contributed by atoms with E-state index < -0.39 is 49.3 Å². The van der Waals surface area contributed by atoms with Crippen LogP contribution in [0.25, 0.3) is 0 Å².